The van der Waals surface area contributed by atoms with Gasteiger partial charge in [-0.25, -0.2) is 0 Å². The van der Waals surface area contributed by atoms with Crippen molar-refractivity contribution < 1.29 is 4.74 Å². The Morgan fingerprint density at radius 3 is 2.55 bits per heavy atom. The molecular weight excluding hydrogens is 248 g/mol. The van der Waals surface area contributed by atoms with Crippen LogP contribution in [0.4, 0.5) is 0 Å². The van der Waals surface area contributed by atoms with Crippen LogP contribution in [0, 0.1) is 11.3 Å². The molecule has 1 aliphatic carbocycles. The molecule has 1 heterocycles. The molecule has 20 heavy (non-hydrogen) atoms. The van der Waals surface area contributed by atoms with Crippen LogP contribution in [-0.4, -0.2) is 49.3 Å². The molecule has 0 amide bonds. The van der Waals surface area contributed by atoms with Crippen molar-refractivity contribution in [1.82, 2.24) is 10.2 Å². The van der Waals surface area contributed by atoms with Gasteiger partial charge >= 0.3 is 0 Å². The van der Waals surface area contributed by atoms with Crippen LogP contribution in [0.1, 0.15) is 53.9 Å². The molecule has 0 spiro atoms. The Balaban J connectivity index is 2.08. The van der Waals surface area contributed by atoms with Gasteiger partial charge in [0, 0.05) is 43.7 Å². The van der Waals surface area contributed by atoms with Gasteiger partial charge in [0.05, 0.1) is 6.10 Å². The molecule has 0 aromatic heterocycles. The fraction of sp³-hybridized carbons (Fsp3) is 1.00. The molecule has 2 fully saturated rings. The van der Waals surface area contributed by atoms with Gasteiger partial charge in [0.25, 0.3) is 0 Å². The number of methoxy groups -OCH3 is 1. The standard InChI is InChI=1S/C17H34N2O/c1-7-8-13-11-19(14(10-18-13)12(2)3)15-9-16(20-6)17(15,4)5/h12-16,18H,7-11H2,1-6H3. The molecule has 4 atom stereocenters. The summed E-state index contributed by atoms with van der Waals surface area (Å²) in [5, 5.41) is 3.76. The second-order valence-electron chi connectivity index (χ2n) is 7.70. The van der Waals surface area contributed by atoms with Crippen molar-refractivity contribution in [2.24, 2.45) is 11.3 Å². The maximum absolute atomic E-state index is 5.65. The van der Waals surface area contributed by atoms with E-state index in [1.807, 2.05) is 7.11 Å². The Morgan fingerprint density at radius 2 is 2.05 bits per heavy atom. The number of nitrogens with zero attached hydrogens (tertiary/aromatic N) is 1. The molecule has 1 saturated carbocycles. The third-order valence-corrected chi connectivity index (χ3v) is 5.69. The predicted octanol–water partition coefficient (Wildman–Crippen LogP) is 2.90. The SMILES string of the molecule is CCCC1CN(C2CC(OC)C2(C)C)C(C(C)C)CN1. The fourth-order valence-corrected chi connectivity index (χ4v) is 4.21. The molecule has 1 aliphatic heterocycles. The monoisotopic (exact) mass is 282 g/mol. The molecule has 4 unspecified atom stereocenters. The van der Waals surface area contributed by atoms with Gasteiger partial charge in [0.1, 0.15) is 0 Å². The highest BCUT2D eigenvalue weighted by Gasteiger charge is 2.53. The zero-order valence-electron chi connectivity index (χ0n) is 14.3. The van der Waals surface area contributed by atoms with Gasteiger partial charge in [-0.2, -0.15) is 0 Å². The van der Waals surface area contributed by atoms with Gasteiger partial charge in [-0.1, -0.05) is 41.0 Å². The minimum absolute atomic E-state index is 0.288. The van der Waals surface area contributed by atoms with Gasteiger partial charge in [0.2, 0.25) is 0 Å². The first-order valence-electron chi connectivity index (χ1n) is 8.43. The van der Waals surface area contributed by atoms with E-state index in [-0.39, 0.29) is 5.41 Å². The number of hydrogen-bond donors (Lipinski definition) is 1. The Labute approximate surface area is 125 Å². The van der Waals surface area contributed by atoms with Crippen LogP contribution in [0.2, 0.25) is 0 Å². The first-order valence-corrected chi connectivity index (χ1v) is 8.43. The minimum atomic E-state index is 0.288. The lowest BCUT2D eigenvalue weighted by Gasteiger charge is -2.59. The second-order valence-corrected chi connectivity index (χ2v) is 7.70. The van der Waals surface area contributed by atoms with E-state index in [0.29, 0.717) is 30.1 Å². The molecule has 1 N–H and O–H groups in total. The first-order chi connectivity index (χ1) is 9.41. The molecule has 118 valence electrons. The number of piperazine rings is 1. The van der Waals surface area contributed by atoms with Crippen molar-refractivity contribution in [3.8, 4) is 0 Å². The summed E-state index contributed by atoms with van der Waals surface area (Å²) in [6.07, 6.45) is 4.19. The van der Waals surface area contributed by atoms with Crippen LogP contribution in [0.5, 0.6) is 0 Å². The summed E-state index contributed by atoms with van der Waals surface area (Å²) < 4.78 is 5.65. The fourth-order valence-electron chi connectivity index (χ4n) is 4.21. The predicted molar refractivity (Wildman–Crippen MR) is 85.0 cm³/mol. The summed E-state index contributed by atoms with van der Waals surface area (Å²) >= 11 is 0. The first kappa shape index (κ1) is 16.3. The van der Waals surface area contributed by atoms with Gasteiger partial charge < -0.3 is 10.1 Å². The lowest BCUT2D eigenvalue weighted by molar-refractivity contribution is -0.156. The summed E-state index contributed by atoms with van der Waals surface area (Å²) in [6, 6.07) is 2.03. The van der Waals surface area contributed by atoms with Crippen molar-refractivity contribution >= 4 is 0 Å². The largest absolute Gasteiger partial charge is 0.381 e. The summed E-state index contributed by atoms with van der Waals surface area (Å²) in [6.45, 7) is 14.1. The van der Waals surface area contributed by atoms with E-state index in [9.17, 15) is 0 Å². The third kappa shape index (κ3) is 2.90. The molecular formula is C17H34N2O. The van der Waals surface area contributed by atoms with E-state index < -0.39 is 0 Å². The summed E-state index contributed by atoms with van der Waals surface area (Å²) in [4.78, 5) is 2.80. The van der Waals surface area contributed by atoms with Gasteiger partial charge in [-0.3, -0.25) is 4.90 Å². The van der Waals surface area contributed by atoms with Crippen molar-refractivity contribution in [3.63, 3.8) is 0 Å². The average Bonchev–Trinajstić information content (AvgIpc) is 2.38. The molecule has 0 aromatic carbocycles. The quantitative estimate of drug-likeness (QED) is 0.839. The van der Waals surface area contributed by atoms with E-state index in [1.165, 1.54) is 25.8 Å². The molecule has 2 aliphatic rings. The highest BCUT2D eigenvalue weighted by molar-refractivity contribution is 5.07. The van der Waals surface area contributed by atoms with E-state index >= 15 is 0 Å². The van der Waals surface area contributed by atoms with E-state index in [1.54, 1.807) is 0 Å². The van der Waals surface area contributed by atoms with Crippen LogP contribution in [-0.2, 0) is 4.74 Å². The molecule has 0 aromatic rings. The third-order valence-electron chi connectivity index (χ3n) is 5.69. The van der Waals surface area contributed by atoms with E-state index in [2.05, 4.69) is 44.8 Å². The van der Waals surface area contributed by atoms with E-state index in [4.69, 9.17) is 4.74 Å². The van der Waals surface area contributed by atoms with Crippen LogP contribution in [0.3, 0.4) is 0 Å². The average molecular weight is 282 g/mol. The molecule has 3 nitrogen and oxygen atoms in total. The van der Waals surface area contributed by atoms with Crippen molar-refractivity contribution in [1.29, 1.82) is 0 Å². The zero-order valence-corrected chi connectivity index (χ0v) is 14.3. The molecule has 3 heteroatoms. The Bertz CT molecular complexity index is 316. The maximum atomic E-state index is 5.65. The highest BCUT2D eigenvalue weighted by atomic mass is 16.5. The lowest BCUT2D eigenvalue weighted by atomic mass is 9.63. The molecule has 0 radical (unpaired) electrons. The highest BCUT2D eigenvalue weighted by Crippen LogP contribution is 2.47. The van der Waals surface area contributed by atoms with Crippen molar-refractivity contribution in [2.45, 2.75) is 78.1 Å². The second kappa shape index (κ2) is 6.33. The van der Waals surface area contributed by atoms with Crippen LogP contribution >= 0.6 is 0 Å². The van der Waals surface area contributed by atoms with E-state index in [0.717, 1.165) is 6.54 Å². The van der Waals surface area contributed by atoms with Crippen molar-refractivity contribution in [3.05, 3.63) is 0 Å². The maximum Gasteiger partial charge on any atom is 0.0652 e. The number of nitrogens with one attached hydrogen (secondary N) is 1. The van der Waals surface area contributed by atoms with Crippen LogP contribution < -0.4 is 5.32 Å². The van der Waals surface area contributed by atoms with Gasteiger partial charge in [0.15, 0.2) is 0 Å². The summed E-state index contributed by atoms with van der Waals surface area (Å²) in [5.41, 5.74) is 0.288. The smallest absolute Gasteiger partial charge is 0.0652 e. The topological polar surface area (TPSA) is 24.5 Å². The summed E-state index contributed by atoms with van der Waals surface area (Å²) in [5.74, 6) is 0.711. The van der Waals surface area contributed by atoms with Gasteiger partial charge in [-0.15, -0.1) is 0 Å². The Hall–Kier alpha value is -0.120. The van der Waals surface area contributed by atoms with Crippen LogP contribution in [0.15, 0.2) is 0 Å². The van der Waals surface area contributed by atoms with Gasteiger partial charge in [-0.05, 0) is 18.8 Å². The number of ether oxygens (including phenoxy) is 1. The Morgan fingerprint density at radius 1 is 1.35 bits per heavy atom. The Kier molecular flexibility index (Phi) is 5.14. The minimum Gasteiger partial charge on any atom is -0.381 e. The lowest BCUT2D eigenvalue weighted by Crippen LogP contribution is -2.69. The molecule has 0 bridgehead atoms. The van der Waals surface area contributed by atoms with Crippen molar-refractivity contribution in [2.75, 3.05) is 20.2 Å². The number of rotatable bonds is 5. The zero-order chi connectivity index (χ0) is 14.9. The van der Waals surface area contributed by atoms with Crippen LogP contribution in [0.25, 0.3) is 0 Å². The molecule has 1 saturated heterocycles. The molecule has 2 rings (SSSR count). The summed E-state index contributed by atoms with van der Waals surface area (Å²) in [7, 11) is 1.86. The normalized spacial score (nSPS) is 38.0. The number of hydrogen-bond acceptors (Lipinski definition) is 3.